The maximum atomic E-state index is 6.40. The molecule has 3 rings (SSSR count). The standard InChI is InChI=1S/C17H25N3/c1-13-9-10-20-16(12-19-17(20)11-13)15(18)8-7-14-5-3-2-4-6-14/h9-12,14-15H,2-8,18H2,1H3. The quantitative estimate of drug-likeness (QED) is 0.913. The summed E-state index contributed by atoms with van der Waals surface area (Å²) < 4.78 is 2.14. The molecule has 2 N–H and O–H groups in total. The molecule has 1 unspecified atom stereocenters. The third-order valence-electron chi connectivity index (χ3n) is 4.69. The maximum absolute atomic E-state index is 6.40. The number of pyridine rings is 1. The molecular weight excluding hydrogens is 246 g/mol. The summed E-state index contributed by atoms with van der Waals surface area (Å²) in [5, 5.41) is 0. The van der Waals surface area contributed by atoms with Gasteiger partial charge in [0.05, 0.1) is 11.9 Å². The van der Waals surface area contributed by atoms with E-state index in [0.29, 0.717) is 0 Å². The monoisotopic (exact) mass is 271 g/mol. The number of rotatable bonds is 4. The lowest BCUT2D eigenvalue weighted by Gasteiger charge is -2.22. The average Bonchev–Trinajstić information content (AvgIpc) is 2.89. The minimum Gasteiger partial charge on any atom is -0.323 e. The Balaban J connectivity index is 1.67. The molecule has 1 saturated carbocycles. The van der Waals surface area contributed by atoms with E-state index in [4.69, 9.17) is 5.73 Å². The fourth-order valence-electron chi connectivity index (χ4n) is 3.42. The van der Waals surface area contributed by atoms with Crippen LogP contribution in [0.25, 0.3) is 5.65 Å². The number of nitrogens with two attached hydrogens (primary N) is 1. The molecule has 3 heteroatoms. The summed E-state index contributed by atoms with van der Waals surface area (Å²) in [5.74, 6) is 0.899. The van der Waals surface area contributed by atoms with Crippen LogP contribution >= 0.6 is 0 Å². The Morgan fingerprint density at radius 3 is 2.95 bits per heavy atom. The van der Waals surface area contributed by atoms with Crippen LogP contribution in [0.15, 0.2) is 24.5 Å². The number of imidazole rings is 1. The second-order valence-electron chi connectivity index (χ2n) is 6.30. The largest absolute Gasteiger partial charge is 0.323 e. The van der Waals surface area contributed by atoms with Gasteiger partial charge in [-0.15, -0.1) is 0 Å². The summed E-state index contributed by atoms with van der Waals surface area (Å²) in [7, 11) is 0. The Labute approximate surface area is 121 Å². The molecule has 1 atom stereocenters. The number of aryl methyl sites for hydroxylation is 1. The molecule has 0 bridgehead atoms. The lowest BCUT2D eigenvalue weighted by atomic mass is 9.85. The molecule has 0 radical (unpaired) electrons. The molecule has 0 saturated heterocycles. The molecule has 2 aromatic rings. The van der Waals surface area contributed by atoms with Crippen LogP contribution < -0.4 is 5.73 Å². The molecule has 1 aliphatic rings. The summed E-state index contributed by atoms with van der Waals surface area (Å²) in [4.78, 5) is 4.48. The van der Waals surface area contributed by atoms with E-state index in [-0.39, 0.29) is 6.04 Å². The van der Waals surface area contributed by atoms with Crippen LogP contribution in [-0.4, -0.2) is 9.38 Å². The van der Waals surface area contributed by atoms with Gasteiger partial charge in [0.15, 0.2) is 0 Å². The van der Waals surface area contributed by atoms with E-state index < -0.39 is 0 Å². The van der Waals surface area contributed by atoms with E-state index in [9.17, 15) is 0 Å². The molecule has 1 fully saturated rings. The number of fused-ring (bicyclic) bond motifs is 1. The zero-order chi connectivity index (χ0) is 13.9. The lowest BCUT2D eigenvalue weighted by Crippen LogP contribution is -2.15. The Bertz CT molecular complexity index is 567. The normalized spacial score (nSPS) is 18.5. The number of nitrogens with zero attached hydrogens (tertiary/aromatic N) is 2. The number of aromatic nitrogens is 2. The first-order chi connectivity index (χ1) is 9.74. The van der Waals surface area contributed by atoms with E-state index in [1.165, 1.54) is 44.1 Å². The predicted molar refractivity (Wildman–Crippen MR) is 82.7 cm³/mol. The van der Waals surface area contributed by atoms with E-state index in [0.717, 1.165) is 23.7 Å². The van der Waals surface area contributed by atoms with E-state index in [1.54, 1.807) is 0 Å². The molecule has 0 aliphatic heterocycles. The highest BCUT2D eigenvalue weighted by Gasteiger charge is 2.17. The Morgan fingerprint density at radius 1 is 1.35 bits per heavy atom. The van der Waals surface area contributed by atoms with Gasteiger partial charge in [-0.1, -0.05) is 32.1 Å². The molecule has 0 spiro atoms. The van der Waals surface area contributed by atoms with Gasteiger partial charge in [-0.05, 0) is 43.4 Å². The summed E-state index contributed by atoms with van der Waals surface area (Å²) in [6.07, 6.45) is 13.4. The highest BCUT2D eigenvalue weighted by atomic mass is 15.0. The zero-order valence-electron chi connectivity index (χ0n) is 12.4. The molecule has 0 amide bonds. The molecule has 20 heavy (non-hydrogen) atoms. The van der Waals surface area contributed by atoms with Crippen LogP contribution in [0.3, 0.4) is 0 Å². The van der Waals surface area contributed by atoms with Crippen LogP contribution in [0.4, 0.5) is 0 Å². The molecule has 2 heterocycles. The Kier molecular flexibility index (Phi) is 4.06. The zero-order valence-corrected chi connectivity index (χ0v) is 12.4. The van der Waals surface area contributed by atoms with Crippen molar-refractivity contribution in [2.24, 2.45) is 11.7 Å². The fraction of sp³-hybridized carbons (Fsp3) is 0.588. The van der Waals surface area contributed by atoms with Crippen LogP contribution in [0.5, 0.6) is 0 Å². The van der Waals surface area contributed by atoms with Gasteiger partial charge in [-0.3, -0.25) is 0 Å². The van der Waals surface area contributed by atoms with Crippen molar-refractivity contribution in [3.63, 3.8) is 0 Å². The SMILES string of the molecule is Cc1ccn2c(C(N)CCC3CCCCC3)cnc2c1. The third-order valence-corrected chi connectivity index (χ3v) is 4.69. The highest BCUT2D eigenvalue weighted by Crippen LogP contribution is 2.29. The molecule has 3 nitrogen and oxygen atoms in total. The molecular formula is C17H25N3. The van der Waals surface area contributed by atoms with E-state index in [2.05, 4.69) is 34.6 Å². The van der Waals surface area contributed by atoms with Crippen molar-refractivity contribution in [1.29, 1.82) is 0 Å². The molecule has 1 aliphatic carbocycles. The van der Waals surface area contributed by atoms with Gasteiger partial charge in [0, 0.05) is 12.2 Å². The van der Waals surface area contributed by atoms with Crippen molar-refractivity contribution in [3.05, 3.63) is 35.8 Å². The highest BCUT2D eigenvalue weighted by molar-refractivity contribution is 5.43. The minimum absolute atomic E-state index is 0.106. The van der Waals surface area contributed by atoms with Gasteiger partial charge < -0.3 is 10.1 Å². The van der Waals surface area contributed by atoms with Gasteiger partial charge in [0.2, 0.25) is 0 Å². The summed E-state index contributed by atoms with van der Waals surface area (Å²) in [5.41, 5.74) is 9.80. The average molecular weight is 271 g/mol. The topological polar surface area (TPSA) is 43.3 Å². The van der Waals surface area contributed by atoms with Crippen LogP contribution in [0.2, 0.25) is 0 Å². The first kappa shape index (κ1) is 13.6. The van der Waals surface area contributed by atoms with Gasteiger partial charge in [-0.25, -0.2) is 4.98 Å². The predicted octanol–water partition coefficient (Wildman–Crippen LogP) is 4.00. The van der Waals surface area contributed by atoms with Gasteiger partial charge in [-0.2, -0.15) is 0 Å². The maximum Gasteiger partial charge on any atom is 0.137 e. The van der Waals surface area contributed by atoms with Crippen LogP contribution in [0, 0.1) is 12.8 Å². The van der Waals surface area contributed by atoms with Crippen molar-refractivity contribution in [2.45, 2.75) is 57.9 Å². The first-order valence-corrected chi connectivity index (χ1v) is 7.93. The van der Waals surface area contributed by atoms with Crippen molar-refractivity contribution < 1.29 is 0 Å². The van der Waals surface area contributed by atoms with E-state index in [1.807, 2.05) is 6.20 Å². The fourth-order valence-corrected chi connectivity index (χ4v) is 3.42. The summed E-state index contributed by atoms with van der Waals surface area (Å²) in [6.45, 7) is 2.09. The molecule has 108 valence electrons. The van der Waals surface area contributed by atoms with Gasteiger partial charge >= 0.3 is 0 Å². The smallest absolute Gasteiger partial charge is 0.137 e. The van der Waals surface area contributed by atoms with Gasteiger partial charge in [0.1, 0.15) is 5.65 Å². The van der Waals surface area contributed by atoms with Crippen LogP contribution in [-0.2, 0) is 0 Å². The number of hydrogen-bond acceptors (Lipinski definition) is 2. The lowest BCUT2D eigenvalue weighted by molar-refractivity contribution is 0.323. The van der Waals surface area contributed by atoms with Crippen molar-refractivity contribution in [3.8, 4) is 0 Å². The van der Waals surface area contributed by atoms with Gasteiger partial charge in [0.25, 0.3) is 0 Å². The Morgan fingerprint density at radius 2 is 2.15 bits per heavy atom. The second kappa shape index (κ2) is 5.96. The first-order valence-electron chi connectivity index (χ1n) is 7.93. The number of hydrogen-bond donors (Lipinski definition) is 1. The van der Waals surface area contributed by atoms with Crippen LogP contribution in [0.1, 0.15) is 62.2 Å². The van der Waals surface area contributed by atoms with Crippen molar-refractivity contribution >= 4 is 5.65 Å². The summed E-state index contributed by atoms with van der Waals surface area (Å²) >= 11 is 0. The van der Waals surface area contributed by atoms with Crippen molar-refractivity contribution in [1.82, 2.24) is 9.38 Å². The molecule has 0 aromatic carbocycles. The Hall–Kier alpha value is -1.35. The van der Waals surface area contributed by atoms with Crippen molar-refractivity contribution in [2.75, 3.05) is 0 Å². The summed E-state index contributed by atoms with van der Waals surface area (Å²) in [6, 6.07) is 4.33. The van der Waals surface area contributed by atoms with E-state index >= 15 is 0 Å². The molecule has 2 aromatic heterocycles. The minimum atomic E-state index is 0.106. The third kappa shape index (κ3) is 2.88. The second-order valence-corrected chi connectivity index (χ2v) is 6.30.